The highest BCUT2D eigenvalue weighted by Gasteiger charge is 2.11. The van der Waals surface area contributed by atoms with Crippen LogP contribution in [0, 0.1) is 6.92 Å². The first kappa shape index (κ1) is 12.6. The second-order valence-electron chi connectivity index (χ2n) is 3.79. The smallest absolute Gasteiger partial charge is 0.272 e. The molecule has 88 valence electrons. The summed E-state index contributed by atoms with van der Waals surface area (Å²) < 4.78 is 4.94. The van der Waals surface area contributed by atoms with Gasteiger partial charge in [0.2, 0.25) is 0 Å². The third-order valence-electron chi connectivity index (χ3n) is 2.32. The molecule has 0 aliphatic rings. The largest absolute Gasteiger partial charge is 0.385 e. The fourth-order valence-electron chi connectivity index (χ4n) is 1.34. The van der Waals surface area contributed by atoms with Gasteiger partial charge in [0.15, 0.2) is 0 Å². The summed E-state index contributed by atoms with van der Waals surface area (Å²) in [7, 11) is 3.43. The molecule has 1 aromatic heterocycles. The van der Waals surface area contributed by atoms with E-state index in [1.165, 1.54) is 0 Å². The first-order valence-corrected chi connectivity index (χ1v) is 5.32. The van der Waals surface area contributed by atoms with Crippen molar-refractivity contribution in [3.05, 3.63) is 29.6 Å². The highest BCUT2D eigenvalue weighted by atomic mass is 16.5. The predicted molar refractivity (Wildman–Crippen MR) is 62.4 cm³/mol. The molecular weight excluding hydrogens is 204 g/mol. The number of nitrogens with zero attached hydrogens (tertiary/aromatic N) is 2. The lowest BCUT2D eigenvalue weighted by Crippen LogP contribution is -2.29. The van der Waals surface area contributed by atoms with Gasteiger partial charge < -0.3 is 9.64 Å². The van der Waals surface area contributed by atoms with E-state index in [0.717, 1.165) is 12.0 Å². The average molecular weight is 222 g/mol. The van der Waals surface area contributed by atoms with Gasteiger partial charge in [-0.3, -0.25) is 9.78 Å². The molecule has 1 heterocycles. The Balaban J connectivity index is 2.53. The minimum Gasteiger partial charge on any atom is -0.385 e. The number of methoxy groups -OCH3 is 1. The van der Waals surface area contributed by atoms with E-state index >= 15 is 0 Å². The van der Waals surface area contributed by atoms with Gasteiger partial charge in [-0.15, -0.1) is 0 Å². The van der Waals surface area contributed by atoms with Crippen molar-refractivity contribution in [2.75, 3.05) is 27.3 Å². The van der Waals surface area contributed by atoms with Crippen LogP contribution in [0.25, 0.3) is 0 Å². The molecule has 4 heteroatoms. The molecule has 0 bridgehead atoms. The molecule has 4 nitrogen and oxygen atoms in total. The Labute approximate surface area is 96.2 Å². The second kappa shape index (κ2) is 6.23. The molecule has 0 saturated heterocycles. The summed E-state index contributed by atoms with van der Waals surface area (Å²) in [6.07, 6.45) is 2.54. The first-order chi connectivity index (χ1) is 7.65. The third kappa shape index (κ3) is 3.62. The van der Waals surface area contributed by atoms with E-state index in [1.54, 1.807) is 31.3 Å². The lowest BCUT2D eigenvalue weighted by Gasteiger charge is -2.16. The molecule has 1 aromatic rings. The Morgan fingerprint density at radius 3 is 2.81 bits per heavy atom. The van der Waals surface area contributed by atoms with Crippen LogP contribution < -0.4 is 0 Å². The van der Waals surface area contributed by atoms with Gasteiger partial charge in [0.1, 0.15) is 5.69 Å². The zero-order chi connectivity index (χ0) is 12.0. The van der Waals surface area contributed by atoms with Crippen LogP contribution in [0.3, 0.4) is 0 Å². The molecule has 0 N–H and O–H groups in total. The van der Waals surface area contributed by atoms with Gasteiger partial charge in [0.05, 0.1) is 0 Å². The Morgan fingerprint density at radius 2 is 2.25 bits per heavy atom. The molecule has 0 radical (unpaired) electrons. The van der Waals surface area contributed by atoms with Gasteiger partial charge in [0, 0.05) is 33.5 Å². The van der Waals surface area contributed by atoms with Gasteiger partial charge in [-0.05, 0) is 25.0 Å². The first-order valence-electron chi connectivity index (χ1n) is 5.32. The summed E-state index contributed by atoms with van der Waals surface area (Å²) in [6, 6.07) is 3.65. The van der Waals surface area contributed by atoms with E-state index in [0.29, 0.717) is 18.8 Å². The Morgan fingerprint density at radius 1 is 1.50 bits per heavy atom. The van der Waals surface area contributed by atoms with Crippen LogP contribution in [-0.2, 0) is 4.74 Å². The van der Waals surface area contributed by atoms with Gasteiger partial charge in [-0.1, -0.05) is 6.07 Å². The van der Waals surface area contributed by atoms with Crippen LogP contribution in [0.2, 0.25) is 0 Å². The van der Waals surface area contributed by atoms with Crippen LogP contribution in [-0.4, -0.2) is 43.1 Å². The Bertz CT molecular complexity index is 335. The molecule has 0 spiro atoms. The number of hydrogen-bond acceptors (Lipinski definition) is 3. The van der Waals surface area contributed by atoms with Crippen molar-refractivity contribution in [1.29, 1.82) is 0 Å². The second-order valence-corrected chi connectivity index (χ2v) is 3.79. The van der Waals surface area contributed by atoms with Crippen LogP contribution in [0.15, 0.2) is 18.3 Å². The summed E-state index contributed by atoms with van der Waals surface area (Å²) >= 11 is 0. The van der Waals surface area contributed by atoms with E-state index in [9.17, 15) is 4.79 Å². The summed E-state index contributed by atoms with van der Waals surface area (Å²) in [5.74, 6) is -0.0453. The van der Waals surface area contributed by atoms with E-state index < -0.39 is 0 Å². The molecule has 0 atom stereocenters. The van der Waals surface area contributed by atoms with Crippen molar-refractivity contribution in [3.63, 3.8) is 0 Å². The number of amides is 1. The number of aryl methyl sites for hydroxylation is 1. The zero-order valence-electron chi connectivity index (χ0n) is 10.1. The van der Waals surface area contributed by atoms with Gasteiger partial charge >= 0.3 is 0 Å². The maximum Gasteiger partial charge on any atom is 0.272 e. The van der Waals surface area contributed by atoms with Crippen molar-refractivity contribution < 1.29 is 9.53 Å². The van der Waals surface area contributed by atoms with E-state index in [2.05, 4.69) is 4.98 Å². The number of rotatable bonds is 5. The number of ether oxygens (including phenoxy) is 1. The number of carbonyl (C=O) groups excluding carboxylic acids is 1. The summed E-state index contributed by atoms with van der Waals surface area (Å²) in [5.41, 5.74) is 1.55. The third-order valence-corrected chi connectivity index (χ3v) is 2.32. The molecule has 0 fully saturated rings. The van der Waals surface area contributed by atoms with Crippen LogP contribution >= 0.6 is 0 Å². The minimum atomic E-state index is -0.0453. The molecule has 0 aliphatic carbocycles. The summed E-state index contributed by atoms with van der Waals surface area (Å²) in [5, 5.41) is 0. The zero-order valence-corrected chi connectivity index (χ0v) is 10.1. The van der Waals surface area contributed by atoms with E-state index in [4.69, 9.17) is 4.74 Å². The SMILES string of the molecule is COCCCN(C)C(=O)c1ccc(C)cn1. The van der Waals surface area contributed by atoms with E-state index in [1.807, 2.05) is 13.0 Å². The van der Waals surface area contributed by atoms with Crippen molar-refractivity contribution >= 4 is 5.91 Å². The van der Waals surface area contributed by atoms with Crippen molar-refractivity contribution in [1.82, 2.24) is 9.88 Å². The molecule has 0 aliphatic heterocycles. The fraction of sp³-hybridized carbons (Fsp3) is 0.500. The molecule has 1 rings (SSSR count). The number of carbonyl (C=O) groups is 1. The Hall–Kier alpha value is -1.42. The maximum atomic E-state index is 11.9. The van der Waals surface area contributed by atoms with E-state index in [-0.39, 0.29) is 5.91 Å². The molecule has 0 aromatic carbocycles. The van der Waals surface area contributed by atoms with Crippen molar-refractivity contribution in [2.24, 2.45) is 0 Å². The molecule has 16 heavy (non-hydrogen) atoms. The lowest BCUT2D eigenvalue weighted by atomic mass is 10.2. The fourth-order valence-corrected chi connectivity index (χ4v) is 1.34. The topological polar surface area (TPSA) is 42.4 Å². The standard InChI is InChI=1S/C12H18N2O2/c1-10-5-6-11(13-9-10)12(15)14(2)7-4-8-16-3/h5-6,9H,4,7-8H2,1-3H3. The Kier molecular flexibility index (Phi) is 4.92. The quantitative estimate of drug-likeness (QED) is 0.709. The van der Waals surface area contributed by atoms with Gasteiger partial charge in [-0.25, -0.2) is 0 Å². The summed E-state index contributed by atoms with van der Waals surface area (Å²) in [6.45, 7) is 3.30. The van der Waals surface area contributed by atoms with Gasteiger partial charge in [-0.2, -0.15) is 0 Å². The highest BCUT2D eigenvalue weighted by Crippen LogP contribution is 2.02. The lowest BCUT2D eigenvalue weighted by molar-refractivity contribution is 0.0773. The maximum absolute atomic E-state index is 11.9. The van der Waals surface area contributed by atoms with Crippen LogP contribution in [0.5, 0.6) is 0 Å². The molecular formula is C12H18N2O2. The number of aromatic nitrogens is 1. The normalized spacial score (nSPS) is 10.2. The monoisotopic (exact) mass is 222 g/mol. The molecule has 0 unspecified atom stereocenters. The van der Waals surface area contributed by atoms with Crippen molar-refractivity contribution in [2.45, 2.75) is 13.3 Å². The van der Waals surface area contributed by atoms with Crippen molar-refractivity contribution in [3.8, 4) is 0 Å². The molecule has 1 amide bonds. The molecule has 0 saturated carbocycles. The minimum absolute atomic E-state index is 0.0453. The van der Waals surface area contributed by atoms with Gasteiger partial charge in [0.25, 0.3) is 5.91 Å². The summed E-state index contributed by atoms with van der Waals surface area (Å²) in [4.78, 5) is 17.6. The predicted octanol–water partition coefficient (Wildman–Crippen LogP) is 1.50. The number of hydrogen-bond donors (Lipinski definition) is 0. The van der Waals surface area contributed by atoms with Crippen LogP contribution in [0.1, 0.15) is 22.5 Å². The average Bonchev–Trinajstić information content (AvgIpc) is 2.29. The highest BCUT2D eigenvalue weighted by molar-refractivity contribution is 5.92. The number of pyridine rings is 1. The van der Waals surface area contributed by atoms with Crippen LogP contribution in [0.4, 0.5) is 0 Å².